The number of carbonyl (C=O) groups excluding carboxylic acids is 1. The Kier molecular flexibility index (Phi) is 4.80. The lowest BCUT2D eigenvalue weighted by molar-refractivity contribution is 0.0984. The minimum Gasteiger partial charge on any atom is -0.267 e. The Morgan fingerprint density at radius 3 is 2.55 bits per heavy atom. The van der Waals surface area contributed by atoms with Crippen LogP contribution in [0.1, 0.15) is 66.5 Å². The summed E-state index contributed by atoms with van der Waals surface area (Å²) in [5, 5.41) is 0.405. The SMILES string of the molecule is CC(C)c1ncc(C(=O)NS(=O)(=O)C2CCCCC2)s1. The number of sulfonamides is 1. The molecule has 0 aliphatic heterocycles. The van der Waals surface area contributed by atoms with E-state index in [1.807, 2.05) is 13.8 Å². The normalized spacial score (nSPS) is 17.4. The predicted octanol–water partition coefficient (Wildman–Crippen LogP) is 2.66. The molecule has 1 heterocycles. The third-order valence-corrected chi connectivity index (χ3v) is 6.58. The topological polar surface area (TPSA) is 76.1 Å². The van der Waals surface area contributed by atoms with Gasteiger partial charge < -0.3 is 0 Å². The van der Waals surface area contributed by atoms with Crippen molar-refractivity contribution in [1.82, 2.24) is 9.71 Å². The first-order valence-electron chi connectivity index (χ1n) is 6.92. The fourth-order valence-corrected chi connectivity index (χ4v) is 4.67. The quantitative estimate of drug-likeness (QED) is 0.926. The maximum absolute atomic E-state index is 12.2. The Morgan fingerprint density at radius 1 is 1.35 bits per heavy atom. The molecule has 0 unspecified atom stereocenters. The number of amides is 1. The van der Waals surface area contributed by atoms with Gasteiger partial charge in [0.15, 0.2) is 0 Å². The molecular weight excluding hydrogens is 296 g/mol. The van der Waals surface area contributed by atoms with Gasteiger partial charge in [-0.2, -0.15) is 0 Å². The Bertz CT molecular complexity index is 572. The number of hydrogen-bond donors (Lipinski definition) is 1. The number of nitrogens with one attached hydrogen (secondary N) is 1. The first-order valence-corrected chi connectivity index (χ1v) is 9.28. The summed E-state index contributed by atoms with van der Waals surface area (Å²) in [5.41, 5.74) is 0. The van der Waals surface area contributed by atoms with Gasteiger partial charge in [-0.1, -0.05) is 33.1 Å². The molecule has 20 heavy (non-hydrogen) atoms. The molecule has 0 bridgehead atoms. The van der Waals surface area contributed by atoms with Gasteiger partial charge in [0.2, 0.25) is 10.0 Å². The van der Waals surface area contributed by atoms with Crippen LogP contribution in [0, 0.1) is 0 Å². The van der Waals surface area contributed by atoms with E-state index >= 15 is 0 Å². The third kappa shape index (κ3) is 3.58. The summed E-state index contributed by atoms with van der Waals surface area (Å²) in [5.74, 6) is -0.323. The van der Waals surface area contributed by atoms with Crippen molar-refractivity contribution in [2.75, 3.05) is 0 Å². The molecule has 0 spiro atoms. The lowest BCUT2D eigenvalue weighted by atomic mass is 10.0. The van der Waals surface area contributed by atoms with Crippen LogP contribution in [0.4, 0.5) is 0 Å². The smallest absolute Gasteiger partial charge is 0.267 e. The predicted molar refractivity (Wildman–Crippen MR) is 79.5 cm³/mol. The molecule has 1 fully saturated rings. The molecule has 1 aromatic heterocycles. The lowest BCUT2D eigenvalue weighted by Crippen LogP contribution is -2.39. The molecule has 0 atom stereocenters. The van der Waals surface area contributed by atoms with Crippen molar-refractivity contribution < 1.29 is 13.2 Å². The molecule has 1 amide bonds. The van der Waals surface area contributed by atoms with E-state index in [4.69, 9.17) is 0 Å². The van der Waals surface area contributed by atoms with Crippen molar-refractivity contribution in [3.8, 4) is 0 Å². The minimum atomic E-state index is -3.56. The third-order valence-electron chi connectivity index (χ3n) is 3.47. The monoisotopic (exact) mass is 316 g/mol. The zero-order valence-corrected chi connectivity index (χ0v) is 13.4. The maximum atomic E-state index is 12.2. The van der Waals surface area contributed by atoms with E-state index < -0.39 is 21.2 Å². The largest absolute Gasteiger partial charge is 0.276 e. The van der Waals surface area contributed by atoms with E-state index in [1.165, 1.54) is 17.5 Å². The number of aromatic nitrogens is 1. The number of thiazole rings is 1. The van der Waals surface area contributed by atoms with Crippen LogP contribution < -0.4 is 4.72 Å². The fourth-order valence-electron chi connectivity index (χ4n) is 2.30. The summed E-state index contributed by atoms with van der Waals surface area (Å²) in [6, 6.07) is 0. The van der Waals surface area contributed by atoms with Crippen LogP contribution >= 0.6 is 11.3 Å². The summed E-state index contributed by atoms with van der Waals surface area (Å²) in [6.07, 6.45) is 5.64. The number of nitrogens with zero attached hydrogens (tertiary/aromatic N) is 1. The summed E-state index contributed by atoms with van der Waals surface area (Å²) in [4.78, 5) is 16.5. The fraction of sp³-hybridized carbons (Fsp3) is 0.692. The van der Waals surface area contributed by atoms with Gasteiger partial charge in [-0.15, -0.1) is 11.3 Å². The van der Waals surface area contributed by atoms with Crippen molar-refractivity contribution in [3.63, 3.8) is 0 Å². The first-order chi connectivity index (χ1) is 9.40. The van der Waals surface area contributed by atoms with Crippen LogP contribution in [0.3, 0.4) is 0 Å². The second-order valence-electron chi connectivity index (χ2n) is 5.45. The van der Waals surface area contributed by atoms with Crippen LogP contribution in [0.2, 0.25) is 0 Å². The molecule has 1 aromatic rings. The second kappa shape index (κ2) is 6.22. The first kappa shape index (κ1) is 15.4. The molecule has 7 heteroatoms. The highest BCUT2D eigenvalue weighted by atomic mass is 32.2. The molecule has 112 valence electrons. The summed E-state index contributed by atoms with van der Waals surface area (Å²) in [7, 11) is -3.56. The number of hydrogen-bond acceptors (Lipinski definition) is 5. The standard InChI is InChI=1S/C13H20N2O3S2/c1-9(2)13-14-8-11(19-13)12(16)15-20(17,18)10-6-4-3-5-7-10/h8-10H,3-7H2,1-2H3,(H,15,16). The molecule has 1 aliphatic rings. The van der Waals surface area contributed by atoms with Crippen molar-refractivity contribution >= 4 is 27.3 Å². The highest BCUT2D eigenvalue weighted by Gasteiger charge is 2.29. The Morgan fingerprint density at radius 2 is 2.00 bits per heavy atom. The molecule has 0 saturated heterocycles. The van der Waals surface area contributed by atoms with Gasteiger partial charge in [-0.3, -0.25) is 4.79 Å². The molecule has 0 aromatic carbocycles. The highest BCUT2D eigenvalue weighted by Crippen LogP contribution is 2.24. The van der Waals surface area contributed by atoms with Crippen LogP contribution in [-0.2, 0) is 10.0 Å². The minimum absolute atomic E-state index is 0.233. The van der Waals surface area contributed by atoms with E-state index in [2.05, 4.69) is 9.71 Å². The Hall–Kier alpha value is -0.950. The maximum Gasteiger partial charge on any atom is 0.276 e. The van der Waals surface area contributed by atoms with Gasteiger partial charge in [0.05, 0.1) is 16.5 Å². The van der Waals surface area contributed by atoms with E-state index in [0.717, 1.165) is 24.3 Å². The molecule has 1 N–H and O–H groups in total. The zero-order chi connectivity index (χ0) is 14.8. The molecule has 1 saturated carbocycles. The van der Waals surface area contributed by atoms with Crippen molar-refractivity contribution in [3.05, 3.63) is 16.1 Å². The van der Waals surface area contributed by atoms with E-state index in [0.29, 0.717) is 17.7 Å². The second-order valence-corrected chi connectivity index (χ2v) is 8.48. The molecule has 5 nitrogen and oxygen atoms in total. The van der Waals surface area contributed by atoms with Crippen LogP contribution in [0.5, 0.6) is 0 Å². The summed E-state index contributed by atoms with van der Waals surface area (Å²) in [6.45, 7) is 3.97. The van der Waals surface area contributed by atoms with Gasteiger partial charge in [-0.25, -0.2) is 18.1 Å². The highest BCUT2D eigenvalue weighted by molar-refractivity contribution is 7.90. The molecule has 1 aliphatic carbocycles. The zero-order valence-electron chi connectivity index (χ0n) is 11.8. The van der Waals surface area contributed by atoms with Crippen LogP contribution in [0.25, 0.3) is 0 Å². The van der Waals surface area contributed by atoms with Crippen molar-refractivity contribution in [2.45, 2.75) is 57.1 Å². The Labute approximate surface area is 123 Å². The van der Waals surface area contributed by atoms with Gasteiger partial charge in [0.25, 0.3) is 5.91 Å². The van der Waals surface area contributed by atoms with Crippen molar-refractivity contribution in [2.24, 2.45) is 0 Å². The van der Waals surface area contributed by atoms with Crippen molar-refractivity contribution in [1.29, 1.82) is 0 Å². The van der Waals surface area contributed by atoms with E-state index in [9.17, 15) is 13.2 Å². The number of rotatable bonds is 4. The average molecular weight is 316 g/mol. The number of carbonyl (C=O) groups is 1. The van der Waals surface area contributed by atoms with E-state index in [1.54, 1.807) is 0 Å². The van der Waals surface area contributed by atoms with Gasteiger partial charge >= 0.3 is 0 Å². The molecule has 2 rings (SSSR count). The van der Waals surface area contributed by atoms with Gasteiger partial charge in [0, 0.05) is 5.92 Å². The summed E-state index contributed by atoms with van der Waals surface area (Å²) >= 11 is 1.25. The Balaban J connectivity index is 2.05. The van der Waals surface area contributed by atoms with Crippen LogP contribution in [0.15, 0.2) is 6.20 Å². The van der Waals surface area contributed by atoms with Crippen LogP contribution in [-0.4, -0.2) is 24.6 Å². The lowest BCUT2D eigenvalue weighted by Gasteiger charge is -2.21. The van der Waals surface area contributed by atoms with Gasteiger partial charge in [0.1, 0.15) is 4.88 Å². The molecule has 0 radical (unpaired) electrons. The van der Waals surface area contributed by atoms with E-state index in [-0.39, 0.29) is 5.92 Å². The van der Waals surface area contributed by atoms with Gasteiger partial charge in [-0.05, 0) is 12.8 Å². The molecular formula is C13H20N2O3S2. The summed E-state index contributed by atoms with van der Waals surface area (Å²) < 4.78 is 26.5. The average Bonchev–Trinajstić information content (AvgIpc) is 2.89.